The first-order valence-electron chi connectivity index (χ1n) is 5.39. The lowest BCUT2D eigenvalue weighted by atomic mass is 9.98. The van der Waals surface area contributed by atoms with E-state index in [-0.39, 0.29) is 15.6 Å². The zero-order valence-corrected chi connectivity index (χ0v) is 12.0. The summed E-state index contributed by atoms with van der Waals surface area (Å²) in [5.74, 6) is 4.43. The van der Waals surface area contributed by atoms with Crippen LogP contribution in [0.1, 0.15) is 17.2 Å². The van der Waals surface area contributed by atoms with Crippen LogP contribution in [0.5, 0.6) is 0 Å². The predicted octanol–water partition coefficient (Wildman–Crippen LogP) is 3.93. The van der Waals surface area contributed by atoms with Crippen LogP contribution in [-0.2, 0) is 0 Å². The smallest absolute Gasteiger partial charge is 0.142 e. The van der Waals surface area contributed by atoms with E-state index in [0.717, 1.165) is 0 Å². The summed E-state index contributed by atoms with van der Waals surface area (Å²) in [7, 11) is 0. The summed E-state index contributed by atoms with van der Waals surface area (Å²) in [6.45, 7) is 0. The quantitative estimate of drug-likeness (QED) is 0.652. The second-order valence-corrected chi connectivity index (χ2v) is 5.20. The molecule has 3 N–H and O–H groups in total. The van der Waals surface area contributed by atoms with E-state index in [4.69, 9.17) is 17.4 Å². The Morgan fingerprint density at radius 1 is 1.16 bits per heavy atom. The van der Waals surface area contributed by atoms with Gasteiger partial charge in [0.25, 0.3) is 0 Å². The fraction of sp³-hybridized carbons (Fsp3) is 0.0769. The molecule has 1 atom stereocenters. The summed E-state index contributed by atoms with van der Waals surface area (Å²) < 4.78 is 28.2. The Morgan fingerprint density at radius 2 is 1.89 bits per heavy atom. The molecular formula is C13H10BrClF2N2. The van der Waals surface area contributed by atoms with Crippen molar-refractivity contribution in [1.82, 2.24) is 5.43 Å². The van der Waals surface area contributed by atoms with Crippen molar-refractivity contribution in [2.45, 2.75) is 6.04 Å². The molecule has 1 unspecified atom stereocenters. The number of hydrogen-bond acceptors (Lipinski definition) is 2. The van der Waals surface area contributed by atoms with Gasteiger partial charge >= 0.3 is 0 Å². The van der Waals surface area contributed by atoms with Crippen LogP contribution in [0.25, 0.3) is 0 Å². The highest BCUT2D eigenvalue weighted by atomic mass is 79.9. The lowest BCUT2D eigenvalue weighted by Crippen LogP contribution is -2.30. The average molecular weight is 348 g/mol. The van der Waals surface area contributed by atoms with E-state index in [1.807, 2.05) is 0 Å². The van der Waals surface area contributed by atoms with Gasteiger partial charge < -0.3 is 0 Å². The molecule has 2 aromatic rings. The molecule has 0 spiro atoms. The third-order valence-corrected chi connectivity index (χ3v) is 3.58. The number of hydrazine groups is 1. The lowest BCUT2D eigenvalue weighted by Gasteiger charge is -2.19. The predicted molar refractivity (Wildman–Crippen MR) is 74.7 cm³/mol. The molecule has 0 aliphatic carbocycles. The normalized spacial score (nSPS) is 12.5. The Morgan fingerprint density at radius 3 is 2.58 bits per heavy atom. The summed E-state index contributed by atoms with van der Waals surface area (Å²) in [4.78, 5) is 0. The summed E-state index contributed by atoms with van der Waals surface area (Å²) >= 11 is 8.92. The van der Waals surface area contributed by atoms with Crippen molar-refractivity contribution in [3.63, 3.8) is 0 Å². The molecule has 0 aromatic heterocycles. The van der Waals surface area contributed by atoms with E-state index in [1.165, 1.54) is 24.3 Å². The first kappa shape index (κ1) is 14.4. The second-order valence-electron chi connectivity index (χ2n) is 3.91. The molecule has 19 heavy (non-hydrogen) atoms. The first-order valence-corrected chi connectivity index (χ1v) is 6.56. The van der Waals surface area contributed by atoms with Crippen LogP contribution >= 0.6 is 27.5 Å². The van der Waals surface area contributed by atoms with Gasteiger partial charge in [0.05, 0.1) is 10.5 Å². The summed E-state index contributed by atoms with van der Waals surface area (Å²) in [5.41, 5.74) is 2.83. The van der Waals surface area contributed by atoms with Crippen molar-refractivity contribution in [1.29, 1.82) is 0 Å². The fourth-order valence-corrected chi connectivity index (χ4v) is 2.39. The topological polar surface area (TPSA) is 38.0 Å². The molecule has 0 amide bonds. The molecule has 0 fully saturated rings. The summed E-state index contributed by atoms with van der Waals surface area (Å²) in [6, 6.07) is 7.97. The van der Waals surface area contributed by atoms with E-state index in [2.05, 4.69) is 21.4 Å². The highest BCUT2D eigenvalue weighted by molar-refractivity contribution is 9.10. The zero-order valence-electron chi connectivity index (χ0n) is 9.63. The van der Waals surface area contributed by atoms with Gasteiger partial charge in [-0.15, -0.1) is 0 Å². The SMILES string of the molecule is NNC(c1cc(Cl)ccc1F)c1cccc(Br)c1F. The molecule has 2 rings (SSSR count). The Balaban J connectivity index is 2.56. The van der Waals surface area contributed by atoms with E-state index in [0.29, 0.717) is 5.02 Å². The summed E-state index contributed by atoms with van der Waals surface area (Å²) in [6.07, 6.45) is 0. The lowest BCUT2D eigenvalue weighted by molar-refractivity contribution is 0.529. The van der Waals surface area contributed by atoms with Crippen molar-refractivity contribution in [2.75, 3.05) is 0 Å². The van der Waals surface area contributed by atoms with Crippen LogP contribution in [0, 0.1) is 11.6 Å². The maximum atomic E-state index is 14.1. The Kier molecular flexibility index (Phi) is 4.52. The minimum atomic E-state index is -0.823. The van der Waals surface area contributed by atoms with Gasteiger partial charge in [-0.1, -0.05) is 23.7 Å². The fourth-order valence-electron chi connectivity index (χ4n) is 1.83. The molecule has 0 saturated carbocycles. The third kappa shape index (κ3) is 2.95. The molecule has 100 valence electrons. The van der Waals surface area contributed by atoms with Crippen LogP contribution in [0.3, 0.4) is 0 Å². The Labute approximate surface area is 122 Å². The van der Waals surface area contributed by atoms with E-state index in [9.17, 15) is 8.78 Å². The van der Waals surface area contributed by atoms with Gasteiger partial charge in [0, 0.05) is 16.1 Å². The molecule has 6 heteroatoms. The average Bonchev–Trinajstić information content (AvgIpc) is 2.39. The molecular weight excluding hydrogens is 338 g/mol. The van der Waals surface area contributed by atoms with Crippen LogP contribution in [0.15, 0.2) is 40.9 Å². The number of nitrogens with two attached hydrogens (primary N) is 1. The summed E-state index contributed by atoms with van der Waals surface area (Å²) in [5, 5.41) is 0.354. The maximum Gasteiger partial charge on any atom is 0.142 e. The van der Waals surface area contributed by atoms with Gasteiger partial charge in [-0.2, -0.15) is 0 Å². The number of benzene rings is 2. The van der Waals surface area contributed by atoms with Gasteiger partial charge in [-0.25, -0.2) is 14.2 Å². The molecule has 0 aliphatic heterocycles. The molecule has 0 radical (unpaired) electrons. The van der Waals surface area contributed by atoms with E-state index < -0.39 is 17.7 Å². The second kappa shape index (κ2) is 5.96. The van der Waals surface area contributed by atoms with Gasteiger partial charge in [-0.3, -0.25) is 5.84 Å². The van der Waals surface area contributed by atoms with E-state index in [1.54, 1.807) is 12.1 Å². The third-order valence-electron chi connectivity index (χ3n) is 2.73. The highest BCUT2D eigenvalue weighted by Gasteiger charge is 2.21. The minimum absolute atomic E-state index is 0.187. The van der Waals surface area contributed by atoms with Crippen LogP contribution in [-0.4, -0.2) is 0 Å². The molecule has 2 aromatic carbocycles. The molecule has 0 saturated heterocycles. The maximum absolute atomic E-state index is 14.1. The van der Waals surface area contributed by atoms with Crippen LogP contribution in [0.4, 0.5) is 8.78 Å². The number of halogens is 4. The van der Waals surface area contributed by atoms with Gasteiger partial charge in [0.2, 0.25) is 0 Å². The number of nitrogens with one attached hydrogen (secondary N) is 1. The van der Waals surface area contributed by atoms with Gasteiger partial charge in [-0.05, 0) is 40.2 Å². The standard InChI is InChI=1S/C13H10BrClF2N2/c14-10-3-1-2-8(12(10)17)13(19-18)9-6-7(15)4-5-11(9)16/h1-6,13,19H,18H2. The minimum Gasteiger partial charge on any atom is -0.271 e. The Hall–Kier alpha value is -1.01. The zero-order chi connectivity index (χ0) is 14.0. The Bertz CT molecular complexity index is 605. The molecule has 0 bridgehead atoms. The molecule has 2 nitrogen and oxygen atoms in total. The van der Waals surface area contributed by atoms with Gasteiger partial charge in [0.15, 0.2) is 0 Å². The number of hydrogen-bond donors (Lipinski definition) is 2. The van der Waals surface area contributed by atoms with Crippen molar-refractivity contribution < 1.29 is 8.78 Å². The van der Waals surface area contributed by atoms with Crippen LogP contribution < -0.4 is 11.3 Å². The largest absolute Gasteiger partial charge is 0.271 e. The van der Waals surface area contributed by atoms with E-state index >= 15 is 0 Å². The van der Waals surface area contributed by atoms with Crippen molar-refractivity contribution in [3.8, 4) is 0 Å². The van der Waals surface area contributed by atoms with Crippen molar-refractivity contribution in [2.24, 2.45) is 5.84 Å². The van der Waals surface area contributed by atoms with Gasteiger partial charge in [0.1, 0.15) is 11.6 Å². The van der Waals surface area contributed by atoms with Crippen molar-refractivity contribution in [3.05, 3.63) is 68.7 Å². The molecule has 0 heterocycles. The highest BCUT2D eigenvalue weighted by Crippen LogP contribution is 2.30. The number of rotatable bonds is 3. The first-order chi connectivity index (χ1) is 9.04. The van der Waals surface area contributed by atoms with Crippen LogP contribution in [0.2, 0.25) is 5.02 Å². The van der Waals surface area contributed by atoms with Crippen molar-refractivity contribution >= 4 is 27.5 Å². The monoisotopic (exact) mass is 346 g/mol. The molecule has 0 aliphatic rings.